The molecule has 0 aliphatic carbocycles. The topological polar surface area (TPSA) is 65.1 Å². The smallest absolute Gasteiger partial charge is 0.243 e. The van der Waals surface area contributed by atoms with E-state index in [0.29, 0.717) is 37.8 Å². The number of fused-ring (bicyclic) bond motifs is 1. The average molecular weight is 327 g/mol. The van der Waals surface area contributed by atoms with Crippen LogP contribution in [-0.4, -0.2) is 50.7 Å². The molecule has 2 aliphatic heterocycles. The fourth-order valence-electron chi connectivity index (χ4n) is 2.91. The van der Waals surface area contributed by atoms with Gasteiger partial charge in [-0.25, -0.2) is 8.42 Å². The summed E-state index contributed by atoms with van der Waals surface area (Å²) in [6, 6.07) is 4.75. The molecular formula is C15H21NO5S. The molecule has 0 amide bonds. The summed E-state index contributed by atoms with van der Waals surface area (Å²) in [7, 11) is -3.58. The number of nitrogens with zero attached hydrogens (tertiary/aromatic N) is 1. The molecule has 2 aliphatic rings. The summed E-state index contributed by atoms with van der Waals surface area (Å²) in [5, 5.41) is 0. The first-order valence-electron chi connectivity index (χ1n) is 7.36. The predicted octanol–water partition coefficient (Wildman–Crippen LogP) is 1.65. The number of hydrogen-bond acceptors (Lipinski definition) is 5. The molecule has 2 heterocycles. The lowest BCUT2D eigenvalue weighted by atomic mass is 10.1. The Labute approximate surface area is 131 Å². The van der Waals surface area contributed by atoms with Crippen molar-refractivity contribution in [1.82, 2.24) is 4.31 Å². The summed E-state index contributed by atoms with van der Waals surface area (Å²) in [5.41, 5.74) is -0.501. The van der Waals surface area contributed by atoms with Gasteiger partial charge in [0.1, 0.15) is 13.2 Å². The number of hydrogen-bond donors (Lipinski definition) is 0. The molecule has 1 saturated heterocycles. The molecule has 3 rings (SSSR count). The first-order chi connectivity index (χ1) is 10.3. The van der Waals surface area contributed by atoms with E-state index in [0.717, 1.165) is 0 Å². The van der Waals surface area contributed by atoms with Crippen molar-refractivity contribution in [1.29, 1.82) is 0 Å². The van der Waals surface area contributed by atoms with Crippen molar-refractivity contribution in [2.45, 2.75) is 37.4 Å². The van der Waals surface area contributed by atoms with Crippen LogP contribution in [0.5, 0.6) is 11.5 Å². The number of sulfonamides is 1. The van der Waals surface area contributed by atoms with E-state index in [1.54, 1.807) is 12.1 Å². The summed E-state index contributed by atoms with van der Waals surface area (Å²) in [6.07, 6.45) is -0.143. The van der Waals surface area contributed by atoms with Gasteiger partial charge in [0, 0.05) is 19.2 Å². The highest BCUT2D eigenvalue weighted by Crippen LogP contribution is 2.34. The monoisotopic (exact) mass is 327 g/mol. The van der Waals surface area contributed by atoms with Crippen molar-refractivity contribution in [2.75, 3.05) is 26.3 Å². The van der Waals surface area contributed by atoms with Gasteiger partial charge >= 0.3 is 0 Å². The molecule has 0 spiro atoms. The van der Waals surface area contributed by atoms with Crippen LogP contribution in [0.15, 0.2) is 23.1 Å². The van der Waals surface area contributed by atoms with Gasteiger partial charge in [-0.3, -0.25) is 0 Å². The van der Waals surface area contributed by atoms with Gasteiger partial charge in [-0.2, -0.15) is 4.31 Å². The van der Waals surface area contributed by atoms with Gasteiger partial charge in [-0.1, -0.05) is 0 Å². The molecule has 6 nitrogen and oxygen atoms in total. The van der Waals surface area contributed by atoms with E-state index in [4.69, 9.17) is 14.2 Å². The third-order valence-corrected chi connectivity index (χ3v) is 5.50. The van der Waals surface area contributed by atoms with E-state index in [1.807, 2.05) is 20.8 Å². The molecule has 1 fully saturated rings. The Kier molecular flexibility index (Phi) is 3.82. The fraction of sp³-hybridized carbons (Fsp3) is 0.600. The molecule has 22 heavy (non-hydrogen) atoms. The maximum Gasteiger partial charge on any atom is 0.243 e. The summed E-state index contributed by atoms with van der Waals surface area (Å²) in [4.78, 5) is 0.224. The molecule has 122 valence electrons. The molecule has 0 aromatic heterocycles. The zero-order valence-corrected chi connectivity index (χ0v) is 13.9. The minimum Gasteiger partial charge on any atom is -0.486 e. The molecular weight excluding hydrogens is 306 g/mol. The highest BCUT2D eigenvalue weighted by atomic mass is 32.2. The van der Waals surface area contributed by atoms with Gasteiger partial charge in [0.05, 0.1) is 16.6 Å². The Bertz CT molecular complexity index is 671. The maximum atomic E-state index is 12.9. The van der Waals surface area contributed by atoms with Crippen LogP contribution in [0.3, 0.4) is 0 Å². The van der Waals surface area contributed by atoms with Crippen LogP contribution < -0.4 is 9.47 Å². The Hall–Kier alpha value is -1.31. The Morgan fingerprint density at radius 2 is 1.86 bits per heavy atom. The Morgan fingerprint density at radius 1 is 1.18 bits per heavy atom. The second kappa shape index (κ2) is 5.40. The van der Waals surface area contributed by atoms with E-state index in [1.165, 1.54) is 10.4 Å². The van der Waals surface area contributed by atoms with Crippen LogP contribution in [0.25, 0.3) is 0 Å². The second-order valence-corrected chi connectivity index (χ2v) is 8.23. The van der Waals surface area contributed by atoms with Gasteiger partial charge in [0.15, 0.2) is 11.5 Å². The van der Waals surface area contributed by atoms with Crippen LogP contribution in [0, 0.1) is 0 Å². The maximum absolute atomic E-state index is 12.9. The van der Waals surface area contributed by atoms with Crippen LogP contribution in [0.1, 0.15) is 20.8 Å². The van der Waals surface area contributed by atoms with Crippen LogP contribution in [-0.2, 0) is 14.8 Å². The molecule has 1 aromatic rings. The highest BCUT2D eigenvalue weighted by Gasteiger charge is 2.38. The number of rotatable bonds is 2. The lowest BCUT2D eigenvalue weighted by Gasteiger charge is -2.40. The predicted molar refractivity (Wildman–Crippen MR) is 80.8 cm³/mol. The molecule has 0 bridgehead atoms. The normalized spacial score (nSPS) is 25.0. The van der Waals surface area contributed by atoms with E-state index in [-0.39, 0.29) is 11.0 Å². The zero-order chi connectivity index (χ0) is 16.0. The molecule has 7 heteroatoms. The first kappa shape index (κ1) is 15.6. The van der Waals surface area contributed by atoms with Crippen molar-refractivity contribution >= 4 is 10.0 Å². The van der Waals surface area contributed by atoms with Crippen molar-refractivity contribution in [3.8, 4) is 11.5 Å². The number of benzene rings is 1. The lowest BCUT2D eigenvalue weighted by Crippen LogP contribution is -2.53. The number of morpholine rings is 1. The first-order valence-corrected chi connectivity index (χ1v) is 8.80. The van der Waals surface area contributed by atoms with Crippen molar-refractivity contribution in [3.05, 3.63) is 18.2 Å². The minimum absolute atomic E-state index is 0.143. The highest BCUT2D eigenvalue weighted by molar-refractivity contribution is 7.89. The zero-order valence-electron chi connectivity index (χ0n) is 13.0. The molecule has 1 atom stereocenters. The summed E-state index contributed by atoms with van der Waals surface area (Å²) >= 11 is 0. The van der Waals surface area contributed by atoms with Crippen molar-refractivity contribution < 1.29 is 22.6 Å². The van der Waals surface area contributed by atoms with Crippen LogP contribution in [0.4, 0.5) is 0 Å². The second-order valence-electron chi connectivity index (χ2n) is 6.29. The average Bonchev–Trinajstić information content (AvgIpc) is 2.44. The van der Waals surface area contributed by atoms with E-state index in [9.17, 15) is 8.42 Å². The summed E-state index contributed by atoms with van der Waals surface area (Å²) < 4.78 is 43.9. The SMILES string of the molecule is CC1CN(S(=O)(=O)c2ccc3c(c2)OCCO3)CC(C)(C)O1. The summed E-state index contributed by atoms with van der Waals surface area (Å²) in [6.45, 7) is 7.26. The molecule has 1 unspecified atom stereocenters. The standard InChI is InChI=1S/C15H21NO5S/c1-11-9-16(10-15(2,3)21-11)22(17,18)12-4-5-13-14(8-12)20-7-6-19-13/h4-5,8,11H,6-7,9-10H2,1-3H3. The summed E-state index contributed by atoms with van der Waals surface area (Å²) in [5.74, 6) is 1.06. The van der Waals surface area contributed by atoms with Gasteiger partial charge in [-0.15, -0.1) is 0 Å². The van der Waals surface area contributed by atoms with Crippen molar-refractivity contribution in [2.24, 2.45) is 0 Å². The molecule has 1 aromatic carbocycles. The quantitative estimate of drug-likeness (QED) is 0.826. The van der Waals surface area contributed by atoms with Crippen LogP contribution in [0.2, 0.25) is 0 Å². The van der Waals surface area contributed by atoms with Crippen molar-refractivity contribution in [3.63, 3.8) is 0 Å². The van der Waals surface area contributed by atoms with E-state index >= 15 is 0 Å². The lowest BCUT2D eigenvalue weighted by molar-refractivity contribution is -0.109. The molecule has 0 N–H and O–H groups in total. The van der Waals surface area contributed by atoms with Gasteiger partial charge in [0.2, 0.25) is 10.0 Å². The molecule has 0 saturated carbocycles. The van der Waals surface area contributed by atoms with E-state index < -0.39 is 15.6 Å². The fourth-order valence-corrected chi connectivity index (χ4v) is 4.59. The largest absolute Gasteiger partial charge is 0.486 e. The van der Waals surface area contributed by atoms with Gasteiger partial charge in [-0.05, 0) is 32.9 Å². The van der Waals surface area contributed by atoms with Gasteiger partial charge < -0.3 is 14.2 Å². The Morgan fingerprint density at radius 3 is 2.55 bits per heavy atom. The molecule has 0 radical (unpaired) electrons. The van der Waals surface area contributed by atoms with E-state index in [2.05, 4.69) is 0 Å². The number of ether oxygens (including phenoxy) is 3. The van der Waals surface area contributed by atoms with Crippen LogP contribution >= 0.6 is 0 Å². The van der Waals surface area contributed by atoms with Gasteiger partial charge in [0.25, 0.3) is 0 Å². The third-order valence-electron chi connectivity index (χ3n) is 3.69. The third kappa shape index (κ3) is 2.93. The Balaban J connectivity index is 1.92. The minimum atomic E-state index is -3.58.